The average Bonchev–Trinajstić information content (AvgIpc) is 2.72. The van der Waals surface area contributed by atoms with Crippen LogP contribution in [-0.2, 0) is 19.1 Å². The minimum Gasteiger partial charge on any atom is -0.491 e. The summed E-state index contributed by atoms with van der Waals surface area (Å²) in [6.45, 7) is 8.93. The molecule has 31 heavy (non-hydrogen) atoms. The van der Waals surface area contributed by atoms with Crippen molar-refractivity contribution in [2.75, 3.05) is 39.5 Å². The van der Waals surface area contributed by atoms with E-state index >= 15 is 0 Å². The Kier molecular flexibility index (Phi) is 10.00. The van der Waals surface area contributed by atoms with E-state index in [2.05, 4.69) is 18.7 Å². The third-order valence-corrected chi connectivity index (χ3v) is 4.88. The van der Waals surface area contributed by atoms with Gasteiger partial charge >= 0.3 is 11.9 Å². The van der Waals surface area contributed by atoms with Crippen molar-refractivity contribution >= 4 is 34.3 Å². The fourth-order valence-electron chi connectivity index (χ4n) is 3.33. The molecule has 2 N–H and O–H groups in total. The van der Waals surface area contributed by atoms with Gasteiger partial charge in [0.2, 0.25) is 0 Å². The fourth-order valence-corrected chi connectivity index (χ4v) is 3.56. The first-order valence-electron chi connectivity index (χ1n) is 9.99. The Hall–Kier alpha value is -2.39. The average molecular weight is 454 g/mol. The summed E-state index contributed by atoms with van der Waals surface area (Å²) in [7, 11) is 0. The number of carboxylic acid groups (broad SMARTS) is 2. The Labute approximate surface area is 186 Å². The molecule has 1 heterocycles. The lowest BCUT2D eigenvalue weighted by Crippen LogP contribution is -2.46. The van der Waals surface area contributed by atoms with Crippen LogP contribution in [0.3, 0.4) is 0 Å². The summed E-state index contributed by atoms with van der Waals surface area (Å²) in [6.07, 6.45) is 0.593. The second kappa shape index (κ2) is 12.5. The van der Waals surface area contributed by atoms with E-state index in [9.17, 15) is 0 Å². The van der Waals surface area contributed by atoms with Crippen LogP contribution in [0.15, 0.2) is 36.4 Å². The van der Waals surface area contributed by atoms with Crippen molar-refractivity contribution in [2.24, 2.45) is 0 Å². The number of hydrogen-bond acceptors (Lipinski definition) is 6. The molecule has 3 rings (SSSR count). The molecular formula is C22H28ClNO7. The number of nitrogens with zero attached hydrogens (tertiary/aromatic N) is 1. The van der Waals surface area contributed by atoms with Crippen molar-refractivity contribution in [1.82, 2.24) is 4.90 Å². The number of ether oxygens (including phenoxy) is 3. The first-order chi connectivity index (χ1) is 14.8. The Morgan fingerprint density at radius 1 is 1.00 bits per heavy atom. The highest BCUT2D eigenvalue weighted by Gasteiger charge is 2.21. The zero-order valence-corrected chi connectivity index (χ0v) is 18.4. The van der Waals surface area contributed by atoms with Crippen LogP contribution in [-0.4, -0.2) is 78.7 Å². The molecule has 2 aromatic carbocycles. The van der Waals surface area contributed by atoms with Crippen molar-refractivity contribution < 1.29 is 34.0 Å². The number of hydrogen-bond donors (Lipinski definition) is 2. The van der Waals surface area contributed by atoms with Crippen LogP contribution in [0, 0.1) is 0 Å². The molecule has 0 aromatic heterocycles. The molecule has 8 nitrogen and oxygen atoms in total. The van der Waals surface area contributed by atoms with Gasteiger partial charge in [0.25, 0.3) is 0 Å². The molecule has 1 aliphatic heterocycles. The zero-order chi connectivity index (χ0) is 22.8. The van der Waals surface area contributed by atoms with E-state index in [4.69, 9.17) is 45.6 Å². The lowest BCUT2D eigenvalue weighted by molar-refractivity contribution is -0.159. The summed E-state index contributed by atoms with van der Waals surface area (Å²) < 4.78 is 17.4. The molecule has 0 spiro atoms. The van der Waals surface area contributed by atoms with Gasteiger partial charge in [0.15, 0.2) is 0 Å². The van der Waals surface area contributed by atoms with Crippen LogP contribution >= 0.6 is 11.6 Å². The van der Waals surface area contributed by atoms with E-state index < -0.39 is 11.9 Å². The van der Waals surface area contributed by atoms with Gasteiger partial charge in [-0.15, -0.1) is 0 Å². The Morgan fingerprint density at radius 2 is 1.61 bits per heavy atom. The monoisotopic (exact) mass is 453 g/mol. The molecule has 2 unspecified atom stereocenters. The summed E-state index contributed by atoms with van der Waals surface area (Å²) in [5, 5.41) is 17.6. The topological polar surface area (TPSA) is 106 Å². The highest BCUT2D eigenvalue weighted by molar-refractivity contribution is 6.35. The van der Waals surface area contributed by atoms with Crippen LogP contribution in [0.2, 0.25) is 5.02 Å². The van der Waals surface area contributed by atoms with E-state index in [-0.39, 0.29) is 0 Å². The van der Waals surface area contributed by atoms with Gasteiger partial charge in [0, 0.05) is 35.4 Å². The Bertz CT molecular complexity index is 854. The Morgan fingerprint density at radius 3 is 2.23 bits per heavy atom. The van der Waals surface area contributed by atoms with Crippen molar-refractivity contribution in [1.29, 1.82) is 0 Å². The van der Waals surface area contributed by atoms with Gasteiger partial charge in [-0.2, -0.15) is 0 Å². The molecule has 1 saturated heterocycles. The summed E-state index contributed by atoms with van der Waals surface area (Å²) >= 11 is 6.23. The van der Waals surface area contributed by atoms with Gasteiger partial charge in [-0.1, -0.05) is 35.9 Å². The van der Waals surface area contributed by atoms with E-state index in [1.54, 1.807) is 0 Å². The van der Waals surface area contributed by atoms with Gasteiger partial charge in [0.1, 0.15) is 12.4 Å². The van der Waals surface area contributed by atoms with Crippen molar-refractivity contribution in [3.05, 3.63) is 41.4 Å². The van der Waals surface area contributed by atoms with Gasteiger partial charge in [-0.3, -0.25) is 4.90 Å². The first-order valence-corrected chi connectivity index (χ1v) is 10.4. The quantitative estimate of drug-likeness (QED) is 0.486. The van der Waals surface area contributed by atoms with E-state index in [1.807, 2.05) is 36.4 Å². The maximum Gasteiger partial charge on any atom is 0.414 e. The molecule has 0 amide bonds. The number of carbonyl (C=O) groups is 2. The molecule has 0 saturated carbocycles. The smallest absolute Gasteiger partial charge is 0.414 e. The Balaban J connectivity index is 0.000000501. The normalized spacial score (nSPS) is 18.8. The molecule has 2 atom stereocenters. The number of rotatable bonds is 7. The number of halogens is 1. The van der Waals surface area contributed by atoms with Gasteiger partial charge in [0.05, 0.1) is 25.4 Å². The first kappa shape index (κ1) is 24.9. The minimum absolute atomic E-state index is 0.297. The maximum atomic E-state index is 9.10. The molecular weight excluding hydrogens is 426 g/mol. The number of fused-ring (bicyclic) bond motifs is 1. The maximum absolute atomic E-state index is 9.10. The third kappa shape index (κ3) is 8.34. The summed E-state index contributed by atoms with van der Waals surface area (Å²) in [5.41, 5.74) is 0. The lowest BCUT2D eigenvalue weighted by atomic mass is 10.1. The molecule has 1 aliphatic rings. The number of benzene rings is 2. The van der Waals surface area contributed by atoms with E-state index in [0.717, 1.165) is 41.2 Å². The largest absolute Gasteiger partial charge is 0.491 e. The van der Waals surface area contributed by atoms with Gasteiger partial charge in [-0.25, -0.2) is 9.59 Å². The molecule has 0 aliphatic carbocycles. The van der Waals surface area contributed by atoms with Gasteiger partial charge in [-0.05, 0) is 26.0 Å². The van der Waals surface area contributed by atoms with Crippen molar-refractivity contribution in [3.63, 3.8) is 0 Å². The second-order valence-electron chi connectivity index (χ2n) is 7.18. The van der Waals surface area contributed by atoms with Crippen LogP contribution < -0.4 is 4.74 Å². The van der Waals surface area contributed by atoms with E-state index in [0.29, 0.717) is 32.0 Å². The molecule has 0 bridgehead atoms. The highest BCUT2D eigenvalue weighted by Crippen LogP contribution is 2.31. The SMILES string of the molecule is CC1CN(CCOCCOc2ccc(Cl)c3ccccc23)CC(C)O1.O=C(O)C(=O)O. The van der Waals surface area contributed by atoms with Gasteiger partial charge < -0.3 is 24.4 Å². The summed E-state index contributed by atoms with van der Waals surface area (Å²) in [5.74, 6) is -2.80. The number of aliphatic carboxylic acids is 2. The molecule has 170 valence electrons. The molecule has 2 aromatic rings. The summed E-state index contributed by atoms with van der Waals surface area (Å²) in [4.78, 5) is 20.6. The molecule has 9 heteroatoms. The molecule has 1 fully saturated rings. The lowest BCUT2D eigenvalue weighted by Gasteiger charge is -2.35. The predicted octanol–water partition coefficient (Wildman–Crippen LogP) is 3.15. The fraction of sp³-hybridized carbons (Fsp3) is 0.455. The number of carboxylic acids is 2. The van der Waals surface area contributed by atoms with E-state index in [1.165, 1.54) is 0 Å². The number of morpholine rings is 1. The van der Waals surface area contributed by atoms with Crippen LogP contribution in [0.5, 0.6) is 5.75 Å². The summed E-state index contributed by atoms with van der Waals surface area (Å²) in [6, 6.07) is 11.8. The van der Waals surface area contributed by atoms with Crippen LogP contribution in [0.1, 0.15) is 13.8 Å². The predicted molar refractivity (Wildman–Crippen MR) is 117 cm³/mol. The third-order valence-electron chi connectivity index (χ3n) is 4.55. The van der Waals surface area contributed by atoms with Crippen LogP contribution in [0.4, 0.5) is 0 Å². The molecule has 0 radical (unpaired) electrons. The second-order valence-corrected chi connectivity index (χ2v) is 7.59. The zero-order valence-electron chi connectivity index (χ0n) is 17.6. The standard InChI is InChI=1S/C20H26ClNO3.C2H2O4/c1-15-13-22(14-16(2)25-15)9-10-23-11-12-24-20-8-7-19(21)17-5-3-4-6-18(17)20;3-1(4)2(5)6/h3-8,15-16H,9-14H2,1-2H3;(H,3,4)(H,5,6). The van der Waals surface area contributed by atoms with Crippen LogP contribution in [0.25, 0.3) is 10.8 Å². The minimum atomic E-state index is -1.82. The van der Waals surface area contributed by atoms with Crippen molar-refractivity contribution in [3.8, 4) is 5.75 Å². The van der Waals surface area contributed by atoms with Crippen molar-refractivity contribution in [2.45, 2.75) is 26.1 Å². The highest BCUT2D eigenvalue weighted by atomic mass is 35.5.